The van der Waals surface area contributed by atoms with E-state index in [1.54, 1.807) is 38.5 Å². The van der Waals surface area contributed by atoms with Gasteiger partial charge < -0.3 is 5.32 Å². The van der Waals surface area contributed by atoms with Gasteiger partial charge in [-0.3, -0.25) is 0 Å². The van der Waals surface area contributed by atoms with Crippen molar-refractivity contribution in [3.8, 4) is 0 Å². The Hall–Kier alpha value is -0.0400. The van der Waals surface area contributed by atoms with Crippen LogP contribution in [0.2, 0.25) is 0 Å². The summed E-state index contributed by atoms with van der Waals surface area (Å²) in [7, 11) is 0. The molecule has 1 heteroatoms. The van der Waals surface area contributed by atoms with Gasteiger partial charge in [-0.15, -0.1) is 0 Å². The smallest absolute Gasteiger partial charge is 0.00980 e. The second-order valence-corrected chi connectivity index (χ2v) is 9.29. The molecule has 0 aromatic heterocycles. The average molecular weight is 290 g/mol. The van der Waals surface area contributed by atoms with Crippen molar-refractivity contribution in [3.05, 3.63) is 0 Å². The van der Waals surface area contributed by atoms with Crippen molar-refractivity contribution < 1.29 is 0 Å². The average Bonchev–Trinajstić information content (AvgIpc) is 2.46. The van der Waals surface area contributed by atoms with Crippen LogP contribution in [0.1, 0.15) is 84.5 Å². The molecular formula is C20H35N. The zero-order valence-corrected chi connectivity index (χ0v) is 14.2. The molecule has 0 radical (unpaired) electrons. The summed E-state index contributed by atoms with van der Waals surface area (Å²) in [6.07, 6.45) is 16.6. The molecule has 4 bridgehead atoms. The standard InChI is InChI=1S/C20H35N/c1-3-15-4-6-19(7-5-15)21-14(2)20-11-16-8-17(12-20)10-18(9-16)13-20/h14-19,21H,3-13H2,1-2H3. The maximum Gasteiger partial charge on any atom is 0.00980 e. The van der Waals surface area contributed by atoms with Crippen molar-refractivity contribution in [2.75, 3.05) is 0 Å². The summed E-state index contributed by atoms with van der Waals surface area (Å²) in [5.74, 6) is 4.31. The molecular weight excluding hydrogens is 254 g/mol. The summed E-state index contributed by atoms with van der Waals surface area (Å²) in [4.78, 5) is 0. The van der Waals surface area contributed by atoms with E-state index < -0.39 is 0 Å². The molecule has 1 N–H and O–H groups in total. The predicted molar refractivity (Wildman–Crippen MR) is 89.2 cm³/mol. The van der Waals surface area contributed by atoms with Crippen LogP contribution in [0.4, 0.5) is 0 Å². The molecule has 21 heavy (non-hydrogen) atoms. The molecule has 1 nitrogen and oxygen atoms in total. The van der Waals surface area contributed by atoms with Crippen LogP contribution >= 0.6 is 0 Å². The molecule has 0 aromatic carbocycles. The Morgan fingerprint density at radius 1 is 0.905 bits per heavy atom. The zero-order chi connectivity index (χ0) is 14.4. The minimum atomic E-state index is 0.691. The van der Waals surface area contributed by atoms with Gasteiger partial charge in [0.1, 0.15) is 0 Å². The van der Waals surface area contributed by atoms with E-state index in [0.29, 0.717) is 5.41 Å². The molecule has 1 unspecified atom stereocenters. The van der Waals surface area contributed by atoms with Gasteiger partial charge in [-0.1, -0.05) is 13.3 Å². The summed E-state index contributed by atoms with van der Waals surface area (Å²) >= 11 is 0. The highest BCUT2D eigenvalue weighted by atomic mass is 15.0. The normalized spacial score (nSPS) is 50.3. The van der Waals surface area contributed by atoms with Gasteiger partial charge in [0.25, 0.3) is 0 Å². The quantitative estimate of drug-likeness (QED) is 0.754. The van der Waals surface area contributed by atoms with Crippen LogP contribution in [0.3, 0.4) is 0 Å². The highest BCUT2D eigenvalue weighted by Gasteiger charge is 2.53. The molecule has 5 fully saturated rings. The first kappa shape index (κ1) is 14.5. The fourth-order valence-corrected chi connectivity index (χ4v) is 6.98. The van der Waals surface area contributed by atoms with E-state index in [4.69, 9.17) is 0 Å². The SMILES string of the molecule is CCC1CCC(NC(C)C23CC4CC(CC(C4)C2)C3)CC1. The maximum absolute atomic E-state index is 4.12. The minimum Gasteiger partial charge on any atom is -0.311 e. The van der Waals surface area contributed by atoms with Gasteiger partial charge in [-0.05, 0) is 100 Å². The third-order valence-corrected chi connectivity index (χ3v) is 7.91. The Morgan fingerprint density at radius 3 is 1.90 bits per heavy atom. The van der Waals surface area contributed by atoms with Crippen LogP contribution in [0.5, 0.6) is 0 Å². The van der Waals surface area contributed by atoms with Crippen molar-refractivity contribution in [1.82, 2.24) is 5.32 Å². The van der Waals surface area contributed by atoms with E-state index in [2.05, 4.69) is 19.2 Å². The van der Waals surface area contributed by atoms with Crippen molar-refractivity contribution >= 4 is 0 Å². The Balaban J connectivity index is 1.38. The first-order valence-electron chi connectivity index (χ1n) is 9.93. The fraction of sp³-hybridized carbons (Fsp3) is 1.00. The first-order chi connectivity index (χ1) is 10.2. The van der Waals surface area contributed by atoms with Crippen LogP contribution in [-0.2, 0) is 0 Å². The highest BCUT2D eigenvalue weighted by Crippen LogP contribution is 2.61. The lowest BCUT2D eigenvalue weighted by Crippen LogP contribution is -2.56. The Bertz CT molecular complexity index is 331. The predicted octanol–water partition coefficient (Wildman–Crippen LogP) is 5.15. The molecule has 0 saturated heterocycles. The topological polar surface area (TPSA) is 12.0 Å². The van der Waals surface area contributed by atoms with Crippen LogP contribution in [0.25, 0.3) is 0 Å². The van der Waals surface area contributed by atoms with E-state index in [1.807, 2.05) is 0 Å². The molecule has 0 aliphatic heterocycles. The summed E-state index contributed by atoms with van der Waals surface area (Å²) in [5, 5.41) is 4.12. The molecule has 5 rings (SSSR count). The monoisotopic (exact) mass is 289 g/mol. The van der Waals surface area contributed by atoms with E-state index in [1.165, 1.54) is 32.1 Å². The van der Waals surface area contributed by atoms with Crippen molar-refractivity contribution in [3.63, 3.8) is 0 Å². The summed E-state index contributed by atoms with van der Waals surface area (Å²) in [6, 6.07) is 1.60. The Labute approximate surface area is 131 Å². The lowest BCUT2D eigenvalue weighted by atomic mass is 9.48. The third kappa shape index (κ3) is 2.69. The molecule has 5 aliphatic carbocycles. The van der Waals surface area contributed by atoms with Crippen molar-refractivity contribution in [2.45, 2.75) is 96.6 Å². The van der Waals surface area contributed by atoms with Crippen molar-refractivity contribution in [1.29, 1.82) is 0 Å². The van der Waals surface area contributed by atoms with Crippen molar-refractivity contribution in [2.24, 2.45) is 29.1 Å². The van der Waals surface area contributed by atoms with Gasteiger partial charge in [0.05, 0.1) is 0 Å². The number of hydrogen-bond donors (Lipinski definition) is 1. The summed E-state index contributed by atoms with van der Waals surface area (Å²) < 4.78 is 0. The highest BCUT2D eigenvalue weighted by molar-refractivity contribution is 5.05. The van der Waals surface area contributed by atoms with Gasteiger partial charge >= 0.3 is 0 Å². The van der Waals surface area contributed by atoms with Crippen LogP contribution in [0.15, 0.2) is 0 Å². The Kier molecular flexibility index (Phi) is 3.84. The maximum atomic E-state index is 4.12. The van der Waals surface area contributed by atoms with E-state index in [9.17, 15) is 0 Å². The Morgan fingerprint density at radius 2 is 1.43 bits per heavy atom. The number of nitrogens with one attached hydrogen (secondary N) is 1. The van der Waals surface area contributed by atoms with Gasteiger partial charge in [0.15, 0.2) is 0 Å². The molecule has 0 heterocycles. The second-order valence-electron chi connectivity index (χ2n) is 9.29. The molecule has 120 valence electrons. The largest absolute Gasteiger partial charge is 0.311 e. The third-order valence-electron chi connectivity index (χ3n) is 7.91. The summed E-state index contributed by atoms with van der Waals surface area (Å²) in [5.41, 5.74) is 0.691. The summed E-state index contributed by atoms with van der Waals surface area (Å²) in [6.45, 7) is 4.91. The molecule has 0 aromatic rings. The molecule has 5 saturated carbocycles. The fourth-order valence-electron chi connectivity index (χ4n) is 6.98. The minimum absolute atomic E-state index is 0.691. The molecule has 0 spiro atoms. The molecule has 1 atom stereocenters. The van der Waals surface area contributed by atoms with E-state index >= 15 is 0 Å². The number of hydrogen-bond acceptors (Lipinski definition) is 1. The van der Waals surface area contributed by atoms with Gasteiger partial charge in [0, 0.05) is 12.1 Å². The van der Waals surface area contributed by atoms with E-state index in [0.717, 1.165) is 35.8 Å². The van der Waals surface area contributed by atoms with Gasteiger partial charge in [0.2, 0.25) is 0 Å². The van der Waals surface area contributed by atoms with Gasteiger partial charge in [-0.25, -0.2) is 0 Å². The van der Waals surface area contributed by atoms with E-state index in [-0.39, 0.29) is 0 Å². The molecule has 0 amide bonds. The number of rotatable bonds is 4. The lowest BCUT2D eigenvalue weighted by Gasteiger charge is -2.59. The second kappa shape index (κ2) is 5.55. The van der Waals surface area contributed by atoms with Crippen LogP contribution < -0.4 is 5.32 Å². The lowest BCUT2D eigenvalue weighted by molar-refractivity contribution is -0.0729. The van der Waals surface area contributed by atoms with Crippen LogP contribution in [-0.4, -0.2) is 12.1 Å². The zero-order valence-electron chi connectivity index (χ0n) is 14.2. The van der Waals surface area contributed by atoms with Gasteiger partial charge in [-0.2, -0.15) is 0 Å². The van der Waals surface area contributed by atoms with Crippen LogP contribution in [0, 0.1) is 29.1 Å². The first-order valence-corrected chi connectivity index (χ1v) is 9.93. The molecule has 5 aliphatic rings.